The number of hydrogen-bond acceptors (Lipinski definition) is 28. The molecule has 0 bridgehead atoms. The number of phosphoric ester groups is 3. The zero-order valence-electron chi connectivity index (χ0n) is 33.9. The molecule has 5 atom stereocenters. The van der Waals surface area contributed by atoms with Gasteiger partial charge in [-0.2, -0.15) is 0 Å². The predicted molar refractivity (Wildman–Crippen MR) is 228 cm³/mol. The van der Waals surface area contributed by atoms with Crippen LogP contribution in [0.5, 0.6) is 0 Å². The highest BCUT2D eigenvalue weighted by Gasteiger charge is 2.23. The van der Waals surface area contributed by atoms with Crippen molar-refractivity contribution < 1.29 is 103 Å². The van der Waals surface area contributed by atoms with Crippen molar-refractivity contribution in [3.63, 3.8) is 0 Å². The van der Waals surface area contributed by atoms with Gasteiger partial charge in [0.1, 0.15) is 19.0 Å². The average Bonchev–Trinajstić information content (AvgIpc) is 3.09. The molecule has 0 N–H and O–H groups in total. The highest BCUT2D eigenvalue weighted by atomic mass is 33.1. The molecule has 0 aromatic heterocycles. The van der Waals surface area contributed by atoms with Crippen LogP contribution in [0.3, 0.4) is 0 Å². The van der Waals surface area contributed by atoms with E-state index in [0.29, 0.717) is 67.8 Å². The molecule has 354 valence electrons. The maximum atomic E-state index is 11.3. The third-order valence-corrected chi connectivity index (χ3v) is 19.5. The SMILES string of the molecule is [3H]P=NC(=O)CCCSSCCOP(=O)([O-])OP(=O)([O-])OP(C)(=O)[O-].[3H]P=NC(=O)CCCSSCCOP(=O)([O-])OP(C)(=O)[O-].[3H]P=NC(=O)CCCSSCCOP(=O)([O-])[O-]. The Hall–Kier alpha value is 2.27. The van der Waals surface area contributed by atoms with Crippen LogP contribution in [0.4, 0.5) is 0 Å². The second kappa shape index (κ2) is 37.3. The standard InChI is InChI=1S/C7H17NO10P4S2.C7H16NO7P3S2.C6H13NO5P2S2/c1-20(10,11)17-22(14,15)18-21(12,13)16-4-6-24-23-5-2-3-7(9)8-19;1-17(10,11)15-18(12,13)14-4-6-20-19-5-2-3-7(9)8-16;8-6(7-13)2-1-4-15-16-5-3-12-14(9,10)11/h19H,2-6H2,1H3,(H,10,11)(H,12,13)(H,14,15);16H,2-6H2,1H3,(H,10,11)(H,12,13);13H,1-5H2,(H2,9,10,11)/p-7/i19T;16T;13T. The van der Waals surface area contributed by atoms with Crippen LogP contribution in [-0.4, -0.2) is 89.2 Å². The Kier molecular flexibility index (Phi) is 37.5. The summed E-state index contributed by atoms with van der Waals surface area (Å²) in [5.74, 6) is 1.85. The number of phosphoric acid groups is 4. The van der Waals surface area contributed by atoms with Gasteiger partial charge < -0.3 is 61.5 Å². The number of amides is 3. The van der Waals surface area contributed by atoms with Crippen LogP contribution in [0, 0.1) is 0 Å². The minimum atomic E-state index is -5.61. The van der Waals surface area contributed by atoms with Gasteiger partial charge in [0.05, 0.1) is 27.6 Å². The van der Waals surface area contributed by atoms with Crippen LogP contribution in [0.25, 0.3) is 0 Å². The molecule has 0 aliphatic carbocycles. The summed E-state index contributed by atoms with van der Waals surface area (Å²) in [6, 6.07) is 0. The molecule has 25 nitrogen and oxygen atoms in total. The van der Waals surface area contributed by atoms with Crippen molar-refractivity contribution >= 4 is 156 Å². The van der Waals surface area contributed by atoms with Crippen molar-refractivity contribution in [2.45, 2.75) is 38.5 Å². The molecule has 0 saturated carbocycles. The van der Waals surface area contributed by atoms with Crippen LogP contribution >= 0.6 is 138 Å². The Bertz CT molecular complexity index is 1720. The van der Waals surface area contributed by atoms with Gasteiger partial charge in [0.15, 0.2) is 0 Å². The van der Waals surface area contributed by atoms with E-state index in [1.807, 2.05) is 0 Å². The highest BCUT2D eigenvalue weighted by Crippen LogP contribution is 2.61. The van der Waals surface area contributed by atoms with E-state index in [0.717, 1.165) is 0 Å². The number of hydrogen-bond donors (Lipinski definition) is 0. The third kappa shape index (κ3) is 54.6. The van der Waals surface area contributed by atoms with Crippen molar-refractivity contribution in [3.8, 4) is 0 Å². The van der Waals surface area contributed by atoms with Crippen LogP contribution in [0.1, 0.15) is 38.5 Å². The molecule has 40 heteroatoms. The second-order valence-corrected chi connectivity index (χ2v) is 27.9. The minimum Gasteiger partial charge on any atom is -0.790 e. The molecule has 0 radical (unpaired) electrons. The van der Waals surface area contributed by atoms with Gasteiger partial charge in [0, 0.05) is 67.1 Å². The van der Waals surface area contributed by atoms with Crippen molar-refractivity contribution in [3.05, 3.63) is 0 Å². The first kappa shape index (κ1) is 60.3. The van der Waals surface area contributed by atoms with E-state index >= 15 is 0 Å². The molecule has 0 heterocycles. The smallest absolute Gasteiger partial charge is 0.279 e. The van der Waals surface area contributed by atoms with E-state index in [2.05, 4.69) is 40.7 Å². The first-order valence-electron chi connectivity index (χ1n) is 16.8. The minimum absolute atomic E-state index is 0.0230. The van der Waals surface area contributed by atoms with Gasteiger partial charge in [-0.25, -0.2) is 18.5 Å². The predicted octanol–water partition coefficient (Wildman–Crippen LogP) is 3.70. The zero-order valence-corrected chi connectivity index (χ0v) is 43.9. The molecule has 0 aromatic carbocycles. The normalized spacial score (nSPS) is 17.6. The van der Waals surface area contributed by atoms with Gasteiger partial charge in [0.2, 0.25) is 17.7 Å². The summed E-state index contributed by atoms with van der Waals surface area (Å²) in [6.07, 6.45) is 2.58. The molecule has 0 aromatic rings. The van der Waals surface area contributed by atoms with Gasteiger partial charge >= 0.3 is 0 Å². The highest BCUT2D eigenvalue weighted by molar-refractivity contribution is 8.77. The Labute approximate surface area is 380 Å². The van der Waals surface area contributed by atoms with E-state index < -0.39 is 53.1 Å². The molecule has 60 heavy (non-hydrogen) atoms. The van der Waals surface area contributed by atoms with Crippen LogP contribution in [0.2, 0.25) is 0 Å². The van der Waals surface area contributed by atoms with Crippen LogP contribution < -0.4 is 34.3 Å². The second-order valence-electron chi connectivity index (χ2n) is 9.80. The van der Waals surface area contributed by atoms with E-state index in [4.69, 9.17) is 3.84 Å². The van der Waals surface area contributed by atoms with Crippen molar-refractivity contribution in [1.29, 1.82) is 3.84 Å². The molecule has 0 fully saturated rings. The molecule has 0 saturated heterocycles. The quantitative estimate of drug-likeness (QED) is 0.0513. The molecule has 0 aliphatic heterocycles. The molecular weight excluding hydrogens is 1110 g/mol. The number of carbonyl (C=O) groups excluding carboxylic acids is 3. The Morgan fingerprint density at radius 1 is 0.483 bits per heavy atom. The molecule has 5 unspecified atom stereocenters. The average molecular weight is 1150 g/mol. The van der Waals surface area contributed by atoms with E-state index in [-0.39, 0.29) is 76.5 Å². The van der Waals surface area contributed by atoms with Gasteiger partial charge in [-0.3, -0.25) is 36.7 Å². The Balaban J connectivity index is -0.000000873. The lowest BCUT2D eigenvalue weighted by Crippen LogP contribution is -2.17. The van der Waals surface area contributed by atoms with Gasteiger partial charge in [-0.15, -0.1) is 0 Å². The Morgan fingerprint density at radius 2 is 0.767 bits per heavy atom. The molecule has 0 rings (SSSR count). The summed E-state index contributed by atoms with van der Waals surface area (Å²) in [5.41, 5.74) is 0. The summed E-state index contributed by atoms with van der Waals surface area (Å²) in [7, 11) is -21.8. The topological polar surface area (TPSA) is 408 Å². The molecule has 3 amide bonds. The van der Waals surface area contributed by atoms with Crippen LogP contribution in [-0.2, 0) is 68.3 Å². The summed E-state index contributed by atoms with van der Waals surface area (Å²) in [5, 5.41) is 0. The number of nitrogens with zero attached hydrogens (tertiary/aromatic N) is 3. The number of rotatable bonds is 33. The van der Waals surface area contributed by atoms with Crippen molar-refractivity contribution in [2.24, 2.45) is 14.2 Å². The van der Waals surface area contributed by atoms with E-state index in [1.54, 1.807) is 0 Å². The Morgan fingerprint density at radius 3 is 1.07 bits per heavy atom. The largest absolute Gasteiger partial charge is 0.790 e. The lowest BCUT2D eigenvalue weighted by atomic mass is 10.3. The fraction of sp³-hybridized carbons (Fsp3) is 0.850. The summed E-state index contributed by atoms with van der Waals surface area (Å²) in [4.78, 5) is 108. The third-order valence-electron chi connectivity index (χ3n) is 4.38. The van der Waals surface area contributed by atoms with E-state index in [9.17, 15) is 76.0 Å². The van der Waals surface area contributed by atoms with Crippen molar-refractivity contribution in [2.75, 3.05) is 67.7 Å². The molecule has 0 aliphatic rings. The first-order chi connectivity index (χ1) is 29.0. The maximum absolute atomic E-state index is 11.3. The lowest BCUT2D eigenvalue weighted by Gasteiger charge is -2.33. The van der Waals surface area contributed by atoms with Gasteiger partial charge in [-0.05, 0) is 46.2 Å². The first-order valence-corrected chi connectivity index (χ1v) is 33.9. The fourth-order valence-electron chi connectivity index (χ4n) is 2.45. The molecular formula is C20H39N3O22P9S6-7. The maximum Gasteiger partial charge on any atom is 0.279 e. The summed E-state index contributed by atoms with van der Waals surface area (Å²) >= 11 is 0. The zero-order chi connectivity index (χ0) is 49.1. The van der Waals surface area contributed by atoms with Crippen molar-refractivity contribution in [1.82, 2.24) is 0 Å². The number of carbonyl (C=O) groups is 3. The van der Waals surface area contributed by atoms with Crippen LogP contribution in [0.15, 0.2) is 14.2 Å². The van der Waals surface area contributed by atoms with E-state index in [1.165, 1.54) is 64.8 Å². The lowest BCUT2D eigenvalue weighted by molar-refractivity contribution is -0.341. The van der Waals surface area contributed by atoms with Gasteiger partial charge in [0.25, 0.3) is 23.5 Å². The monoisotopic (exact) mass is 1150 g/mol. The molecule has 0 spiro atoms. The fourth-order valence-corrected chi connectivity index (χ4v) is 14.5. The van der Waals surface area contributed by atoms with Gasteiger partial charge in [-0.1, -0.05) is 64.8 Å². The summed E-state index contributed by atoms with van der Waals surface area (Å²) < 4.78 is 119. The summed E-state index contributed by atoms with van der Waals surface area (Å²) in [6.45, 7) is 0.322.